The molecule has 1 fully saturated rings. The number of aryl methyl sites for hydroxylation is 1. The lowest BCUT2D eigenvalue weighted by molar-refractivity contribution is -0.118. The zero-order valence-electron chi connectivity index (χ0n) is 19.9. The molecule has 1 N–H and O–H groups in total. The highest BCUT2D eigenvalue weighted by Gasteiger charge is 2.16. The number of benzene rings is 2. The first-order valence-corrected chi connectivity index (χ1v) is 12.0. The van der Waals surface area contributed by atoms with Crippen LogP contribution in [0.3, 0.4) is 0 Å². The lowest BCUT2D eigenvalue weighted by Crippen LogP contribution is -2.33. The minimum Gasteiger partial charge on any atom is -0.492 e. The van der Waals surface area contributed by atoms with Gasteiger partial charge in [0.2, 0.25) is 6.79 Å². The number of piperidine rings is 1. The van der Waals surface area contributed by atoms with E-state index >= 15 is 0 Å². The summed E-state index contributed by atoms with van der Waals surface area (Å²) in [5.41, 5.74) is 2.44. The smallest absolute Gasteiger partial charge is 0.262 e. The summed E-state index contributed by atoms with van der Waals surface area (Å²) in [5.74, 6) is 2.32. The maximum atomic E-state index is 12.6. The average Bonchev–Trinajstić information content (AvgIpc) is 3.52. The molecule has 5 rings (SSSR count). The number of carbonyl (C=O) groups excluding carboxylic acids is 1. The number of hydrogen-bond donors (Lipinski definition) is 1. The number of rotatable bonds is 9. The molecule has 0 saturated carbocycles. The molecule has 1 amide bonds. The van der Waals surface area contributed by atoms with Crippen LogP contribution in [-0.2, 0) is 11.8 Å². The molecule has 1 saturated heterocycles. The third kappa shape index (κ3) is 5.68. The third-order valence-corrected chi connectivity index (χ3v) is 6.19. The van der Waals surface area contributed by atoms with E-state index in [0.29, 0.717) is 29.5 Å². The highest BCUT2D eigenvalue weighted by atomic mass is 16.7. The molecular formula is C26H30N4O5. The van der Waals surface area contributed by atoms with Crippen molar-refractivity contribution in [1.29, 1.82) is 0 Å². The Morgan fingerprint density at radius 3 is 2.71 bits per heavy atom. The molecule has 0 bridgehead atoms. The van der Waals surface area contributed by atoms with Crippen LogP contribution in [0.4, 0.5) is 5.69 Å². The summed E-state index contributed by atoms with van der Waals surface area (Å²) in [6, 6.07) is 12.8. The first-order chi connectivity index (χ1) is 17.2. The fourth-order valence-electron chi connectivity index (χ4n) is 4.35. The quantitative estimate of drug-likeness (QED) is 0.502. The van der Waals surface area contributed by atoms with Crippen molar-refractivity contribution in [3.05, 3.63) is 48.7 Å². The van der Waals surface area contributed by atoms with E-state index in [0.717, 1.165) is 36.6 Å². The van der Waals surface area contributed by atoms with Gasteiger partial charge in [0.1, 0.15) is 18.1 Å². The van der Waals surface area contributed by atoms with Crippen molar-refractivity contribution in [2.75, 3.05) is 45.0 Å². The summed E-state index contributed by atoms with van der Waals surface area (Å²) in [5, 5.41) is 7.20. The van der Waals surface area contributed by atoms with Crippen LogP contribution in [0.5, 0.6) is 23.0 Å². The van der Waals surface area contributed by atoms with Crippen LogP contribution < -0.4 is 24.3 Å². The number of nitrogens with zero attached hydrogens (tertiary/aromatic N) is 3. The highest BCUT2D eigenvalue weighted by Crippen LogP contribution is 2.35. The van der Waals surface area contributed by atoms with Gasteiger partial charge >= 0.3 is 0 Å². The predicted octanol–water partition coefficient (Wildman–Crippen LogP) is 3.70. The minimum absolute atomic E-state index is 0.130. The van der Waals surface area contributed by atoms with E-state index in [-0.39, 0.29) is 19.3 Å². The van der Waals surface area contributed by atoms with Gasteiger partial charge in [-0.3, -0.25) is 14.4 Å². The van der Waals surface area contributed by atoms with Crippen LogP contribution in [0.15, 0.2) is 48.7 Å². The van der Waals surface area contributed by atoms with E-state index in [9.17, 15) is 4.79 Å². The zero-order chi connectivity index (χ0) is 24.0. The summed E-state index contributed by atoms with van der Waals surface area (Å²) >= 11 is 0. The monoisotopic (exact) mass is 478 g/mol. The second kappa shape index (κ2) is 10.7. The average molecular weight is 479 g/mol. The van der Waals surface area contributed by atoms with E-state index in [2.05, 4.69) is 15.3 Å². The lowest BCUT2D eigenvalue weighted by atomic mass is 10.1. The Hall–Kier alpha value is -3.72. The predicted molar refractivity (Wildman–Crippen MR) is 131 cm³/mol. The van der Waals surface area contributed by atoms with Gasteiger partial charge in [-0.1, -0.05) is 6.42 Å². The SMILES string of the molecule is Cn1nccc1-c1cc(NC(=O)COc2ccc3c(c2)OCO3)ccc1OCCN1CCCCC1. The molecule has 2 aliphatic heterocycles. The van der Waals surface area contributed by atoms with Crippen molar-refractivity contribution in [2.24, 2.45) is 7.05 Å². The summed E-state index contributed by atoms with van der Waals surface area (Å²) in [4.78, 5) is 15.0. The fourth-order valence-corrected chi connectivity index (χ4v) is 4.35. The lowest BCUT2D eigenvalue weighted by Gasteiger charge is -2.26. The standard InChI is InChI=1S/C26H30N4O5/c1-29-22(9-10-27-29)21-15-19(5-7-23(21)32-14-13-30-11-3-2-4-12-30)28-26(31)17-33-20-6-8-24-25(16-20)35-18-34-24/h5-10,15-16H,2-4,11-14,17-18H2,1H3,(H,28,31). The normalized spacial score (nSPS) is 15.1. The van der Waals surface area contributed by atoms with Crippen molar-refractivity contribution in [2.45, 2.75) is 19.3 Å². The summed E-state index contributed by atoms with van der Waals surface area (Å²) < 4.78 is 24.2. The molecule has 2 aliphatic rings. The Labute approximate surface area is 204 Å². The maximum absolute atomic E-state index is 12.6. The molecule has 0 aliphatic carbocycles. The van der Waals surface area contributed by atoms with Crippen LogP contribution in [0.1, 0.15) is 19.3 Å². The third-order valence-electron chi connectivity index (χ3n) is 6.19. The van der Waals surface area contributed by atoms with E-state index in [1.54, 1.807) is 29.1 Å². The Morgan fingerprint density at radius 2 is 1.89 bits per heavy atom. The van der Waals surface area contributed by atoms with Crippen molar-refractivity contribution in [3.8, 4) is 34.3 Å². The Balaban J connectivity index is 1.23. The molecule has 35 heavy (non-hydrogen) atoms. The van der Waals surface area contributed by atoms with Gasteiger partial charge in [-0.15, -0.1) is 0 Å². The van der Waals surface area contributed by atoms with Gasteiger partial charge in [-0.2, -0.15) is 5.10 Å². The first-order valence-electron chi connectivity index (χ1n) is 12.0. The van der Waals surface area contributed by atoms with Gasteiger partial charge in [0.25, 0.3) is 5.91 Å². The molecule has 1 aromatic heterocycles. The fraction of sp³-hybridized carbons (Fsp3) is 0.385. The molecule has 3 heterocycles. The zero-order valence-corrected chi connectivity index (χ0v) is 19.9. The Kier molecular flexibility index (Phi) is 7.04. The number of carbonyl (C=O) groups is 1. The van der Waals surface area contributed by atoms with E-state index < -0.39 is 0 Å². The molecule has 0 radical (unpaired) electrons. The molecule has 3 aromatic rings. The van der Waals surface area contributed by atoms with Crippen molar-refractivity contribution in [3.63, 3.8) is 0 Å². The topological polar surface area (TPSA) is 87.1 Å². The molecule has 0 unspecified atom stereocenters. The Morgan fingerprint density at radius 1 is 1.03 bits per heavy atom. The molecule has 9 nitrogen and oxygen atoms in total. The van der Waals surface area contributed by atoms with Crippen LogP contribution in [0.2, 0.25) is 0 Å². The summed E-state index contributed by atoms with van der Waals surface area (Å²) in [6.07, 6.45) is 5.58. The van der Waals surface area contributed by atoms with Gasteiger partial charge in [-0.25, -0.2) is 0 Å². The van der Waals surface area contributed by atoms with Crippen LogP contribution >= 0.6 is 0 Å². The van der Waals surface area contributed by atoms with Crippen LogP contribution in [0, 0.1) is 0 Å². The van der Waals surface area contributed by atoms with Gasteiger partial charge in [0, 0.05) is 37.1 Å². The highest BCUT2D eigenvalue weighted by molar-refractivity contribution is 5.93. The number of likely N-dealkylation sites (tertiary alicyclic amines) is 1. The van der Waals surface area contributed by atoms with Crippen LogP contribution in [0.25, 0.3) is 11.3 Å². The van der Waals surface area contributed by atoms with E-state index in [1.807, 2.05) is 31.3 Å². The molecule has 0 spiro atoms. The van der Waals surface area contributed by atoms with E-state index in [1.165, 1.54) is 19.3 Å². The molecular weight excluding hydrogens is 448 g/mol. The molecule has 0 atom stereocenters. The summed E-state index contributed by atoms with van der Waals surface area (Å²) in [6.45, 7) is 3.85. The van der Waals surface area contributed by atoms with Crippen molar-refractivity contribution < 1.29 is 23.7 Å². The van der Waals surface area contributed by atoms with Gasteiger partial charge < -0.3 is 24.3 Å². The first kappa shape index (κ1) is 23.0. The minimum atomic E-state index is -0.266. The van der Waals surface area contributed by atoms with Crippen LogP contribution in [-0.4, -0.2) is 60.2 Å². The number of nitrogens with one attached hydrogen (secondary N) is 1. The number of hydrogen-bond acceptors (Lipinski definition) is 7. The number of fused-ring (bicyclic) bond motifs is 1. The second-order valence-electron chi connectivity index (χ2n) is 8.65. The molecule has 2 aromatic carbocycles. The largest absolute Gasteiger partial charge is 0.492 e. The van der Waals surface area contributed by atoms with Gasteiger partial charge in [-0.05, 0) is 62.3 Å². The molecule has 9 heteroatoms. The van der Waals surface area contributed by atoms with Crippen molar-refractivity contribution >= 4 is 11.6 Å². The number of aromatic nitrogens is 2. The van der Waals surface area contributed by atoms with Gasteiger partial charge in [0.15, 0.2) is 18.1 Å². The Bertz CT molecular complexity index is 1170. The molecule has 184 valence electrons. The number of ether oxygens (including phenoxy) is 4. The number of amides is 1. The van der Waals surface area contributed by atoms with E-state index in [4.69, 9.17) is 18.9 Å². The summed E-state index contributed by atoms with van der Waals surface area (Å²) in [7, 11) is 1.89. The number of anilines is 1. The second-order valence-corrected chi connectivity index (χ2v) is 8.65. The van der Waals surface area contributed by atoms with Gasteiger partial charge in [0.05, 0.1) is 5.69 Å². The van der Waals surface area contributed by atoms with Crippen molar-refractivity contribution in [1.82, 2.24) is 14.7 Å². The maximum Gasteiger partial charge on any atom is 0.262 e.